The van der Waals surface area contributed by atoms with Gasteiger partial charge in [-0.15, -0.1) is 0 Å². The van der Waals surface area contributed by atoms with Crippen molar-refractivity contribution in [2.75, 3.05) is 17.6 Å². The summed E-state index contributed by atoms with van der Waals surface area (Å²) in [6.45, 7) is 3.10. The molecule has 78 valence electrons. The molecule has 14 heavy (non-hydrogen) atoms. The number of unbranched alkanes of at least 4 members (excludes halogenated alkanes) is 2. The van der Waals surface area contributed by atoms with Crippen LogP contribution in [0.5, 0.6) is 0 Å². The molecule has 0 unspecified atom stereocenters. The van der Waals surface area contributed by atoms with E-state index in [2.05, 4.69) is 38.1 Å². The summed E-state index contributed by atoms with van der Waals surface area (Å²) >= 11 is 3.34. The molecule has 0 aliphatic carbocycles. The van der Waals surface area contributed by atoms with Gasteiger partial charge in [0.1, 0.15) is 22.4 Å². The molecular formula is C9H15BrN4. The molecule has 0 bridgehead atoms. The quantitative estimate of drug-likeness (QED) is 0.797. The fourth-order valence-electron chi connectivity index (χ4n) is 1.09. The van der Waals surface area contributed by atoms with Gasteiger partial charge < -0.3 is 11.1 Å². The van der Waals surface area contributed by atoms with Crippen LogP contribution in [-0.2, 0) is 0 Å². The Balaban J connectivity index is 2.46. The second-order valence-corrected chi connectivity index (χ2v) is 3.85. The third-order valence-electron chi connectivity index (χ3n) is 1.89. The molecule has 0 aromatic carbocycles. The summed E-state index contributed by atoms with van der Waals surface area (Å²) in [4.78, 5) is 7.95. The van der Waals surface area contributed by atoms with Crippen molar-refractivity contribution in [3.63, 3.8) is 0 Å². The number of hydrogen-bond donors (Lipinski definition) is 2. The zero-order valence-electron chi connectivity index (χ0n) is 8.26. The van der Waals surface area contributed by atoms with E-state index >= 15 is 0 Å². The predicted octanol–water partition coefficient (Wildman–Crippen LogP) is 2.42. The molecule has 0 atom stereocenters. The van der Waals surface area contributed by atoms with Crippen LogP contribution in [0.2, 0.25) is 0 Å². The van der Waals surface area contributed by atoms with Crippen molar-refractivity contribution in [3.8, 4) is 0 Å². The maximum absolute atomic E-state index is 5.61. The molecule has 1 heterocycles. The Morgan fingerprint density at radius 3 is 2.93 bits per heavy atom. The minimum Gasteiger partial charge on any atom is -0.383 e. The van der Waals surface area contributed by atoms with Crippen LogP contribution in [0.3, 0.4) is 0 Å². The van der Waals surface area contributed by atoms with Crippen LogP contribution in [-0.4, -0.2) is 16.5 Å². The van der Waals surface area contributed by atoms with Gasteiger partial charge in [0.2, 0.25) is 0 Å². The van der Waals surface area contributed by atoms with E-state index in [1.807, 2.05) is 0 Å². The van der Waals surface area contributed by atoms with E-state index < -0.39 is 0 Å². The van der Waals surface area contributed by atoms with Gasteiger partial charge in [0.05, 0.1) is 0 Å². The number of nitrogens with two attached hydrogens (primary N) is 1. The molecule has 0 amide bonds. The zero-order chi connectivity index (χ0) is 10.4. The van der Waals surface area contributed by atoms with Crippen LogP contribution in [0.4, 0.5) is 11.6 Å². The number of nitrogens with zero attached hydrogens (tertiary/aromatic N) is 2. The van der Waals surface area contributed by atoms with Crippen LogP contribution in [0.1, 0.15) is 26.2 Å². The molecule has 0 aliphatic rings. The van der Waals surface area contributed by atoms with Crippen molar-refractivity contribution in [2.45, 2.75) is 26.2 Å². The lowest BCUT2D eigenvalue weighted by Crippen LogP contribution is -2.05. The van der Waals surface area contributed by atoms with Gasteiger partial charge in [-0.05, 0) is 22.4 Å². The molecule has 1 rings (SSSR count). The van der Waals surface area contributed by atoms with Crippen molar-refractivity contribution in [2.24, 2.45) is 0 Å². The SMILES string of the molecule is CCCCCNc1ncnc(N)c1Br. The topological polar surface area (TPSA) is 63.8 Å². The summed E-state index contributed by atoms with van der Waals surface area (Å²) in [7, 11) is 0. The highest BCUT2D eigenvalue weighted by atomic mass is 79.9. The average molecular weight is 259 g/mol. The van der Waals surface area contributed by atoms with Crippen molar-refractivity contribution >= 4 is 27.6 Å². The Morgan fingerprint density at radius 2 is 2.21 bits per heavy atom. The third kappa shape index (κ3) is 3.14. The van der Waals surface area contributed by atoms with Gasteiger partial charge in [-0.25, -0.2) is 9.97 Å². The van der Waals surface area contributed by atoms with Gasteiger partial charge in [-0.2, -0.15) is 0 Å². The van der Waals surface area contributed by atoms with Crippen molar-refractivity contribution < 1.29 is 0 Å². The number of anilines is 2. The molecule has 0 radical (unpaired) electrons. The van der Waals surface area contributed by atoms with E-state index in [9.17, 15) is 0 Å². The molecule has 1 aromatic heterocycles. The van der Waals surface area contributed by atoms with Crippen LogP contribution in [0.25, 0.3) is 0 Å². The van der Waals surface area contributed by atoms with Gasteiger partial charge in [-0.3, -0.25) is 0 Å². The first-order valence-electron chi connectivity index (χ1n) is 4.75. The lowest BCUT2D eigenvalue weighted by atomic mass is 10.2. The minimum absolute atomic E-state index is 0.470. The second kappa shape index (κ2) is 5.80. The third-order valence-corrected chi connectivity index (χ3v) is 2.67. The van der Waals surface area contributed by atoms with Crippen molar-refractivity contribution in [1.82, 2.24) is 9.97 Å². The molecule has 0 aliphatic heterocycles. The predicted molar refractivity (Wildman–Crippen MR) is 62.2 cm³/mol. The minimum atomic E-state index is 0.470. The maximum atomic E-state index is 5.61. The van der Waals surface area contributed by atoms with E-state index in [0.29, 0.717) is 5.82 Å². The van der Waals surface area contributed by atoms with Gasteiger partial charge in [0.25, 0.3) is 0 Å². The molecule has 0 fully saturated rings. The Labute approximate surface area is 92.5 Å². The molecule has 4 nitrogen and oxygen atoms in total. The van der Waals surface area contributed by atoms with E-state index in [1.54, 1.807) is 0 Å². The molecule has 5 heteroatoms. The van der Waals surface area contributed by atoms with Gasteiger partial charge in [-0.1, -0.05) is 19.8 Å². The number of rotatable bonds is 5. The first kappa shape index (κ1) is 11.2. The largest absolute Gasteiger partial charge is 0.383 e. The highest BCUT2D eigenvalue weighted by molar-refractivity contribution is 9.10. The van der Waals surface area contributed by atoms with Crippen molar-refractivity contribution in [3.05, 3.63) is 10.8 Å². The number of aromatic nitrogens is 2. The summed E-state index contributed by atoms with van der Waals surface area (Å²) in [6.07, 6.45) is 5.05. The molecule has 0 saturated heterocycles. The van der Waals surface area contributed by atoms with Gasteiger partial charge >= 0.3 is 0 Å². The molecule has 3 N–H and O–H groups in total. The Morgan fingerprint density at radius 1 is 1.43 bits per heavy atom. The summed E-state index contributed by atoms with van der Waals surface area (Å²) in [6, 6.07) is 0. The smallest absolute Gasteiger partial charge is 0.145 e. The average Bonchev–Trinajstić information content (AvgIpc) is 2.19. The van der Waals surface area contributed by atoms with E-state index in [-0.39, 0.29) is 0 Å². The van der Waals surface area contributed by atoms with E-state index in [0.717, 1.165) is 23.3 Å². The first-order valence-corrected chi connectivity index (χ1v) is 5.54. The standard InChI is InChI=1S/C9H15BrN4/c1-2-3-4-5-12-9-7(10)8(11)13-6-14-9/h6H,2-5H2,1H3,(H3,11,12,13,14). The lowest BCUT2D eigenvalue weighted by Gasteiger charge is -2.07. The number of nitrogens with one attached hydrogen (secondary N) is 1. The zero-order valence-corrected chi connectivity index (χ0v) is 9.84. The molecular weight excluding hydrogens is 244 g/mol. The Kier molecular flexibility index (Phi) is 4.65. The highest BCUT2D eigenvalue weighted by Crippen LogP contribution is 2.23. The van der Waals surface area contributed by atoms with Crippen LogP contribution in [0.15, 0.2) is 10.8 Å². The summed E-state index contributed by atoms with van der Waals surface area (Å²) in [5.41, 5.74) is 5.61. The first-order chi connectivity index (χ1) is 6.75. The van der Waals surface area contributed by atoms with Gasteiger partial charge in [0.15, 0.2) is 0 Å². The van der Waals surface area contributed by atoms with Crippen LogP contribution >= 0.6 is 15.9 Å². The highest BCUT2D eigenvalue weighted by Gasteiger charge is 2.03. The lowest BCUT2D eigenvalue weighted by molar-refractivity contribution is 0.742. The Bertz CT molecular complexity index is 290. The van der Waals surface area contributed by atoms with E-state index in [1.165, 1.54) is 19.2 Å². The fraction of sp³-hybridized carbons (Fsp3) is 0.556. The normalized spacial score (nSPS) is 10.1. The second-order valence-electron chi connectivity index (χ2n) is 3.06. The molecule has 0 saturated carbocycles. The van der Waals surface area contributed by atoms with Crippen LogP contribution < -0.4 is 11.1 Å². The van der Waals surface area contributed by atoms with Crippen molar-refractivity contribution in [1.29, 1.82) is 0 Å². The fourth-order valence-corrected chi connectivity index (χ4v) is 1.43. The monoisotopic (exact) mass is 258 g/mol. The molecule has 0 spiro atoms. The summed E-state index contributed by atoms with van der Waals surface area (Å²) < 4.78 is 0.747. The van der Waals surface area contributed by atoms with Gasteiger partial charge in [0, 0.05) is 6.54 Å². The number of hydrogen-bond acceptors (Lipinski definition) is 4. The maximum Gasteiger partial charge on any atom is 0.145 e. The summed E-state index contributed by atoms with van der Waals surface area (Å²) in [5, 5.41) is 3.21. The summed E-state index contributed by atoms with van der Waals surface area (Å²) in [5.74, 6) is 1.24. The van der Waals surface area contributed by atoms with Crippen LogP contribution in [0, 0.1) is 0 Å². The molecule has 1 aromatic rings. The number of halogens is 1. The van der Waals surface area contributed by atoms with E-state index in [4.69, 9.17) is 5.73 Å². The number of nitrogen functional groups attached to an aromatic ring is 1. The Hall–Kier alpha value is -0.840.